The van der Waals surface area contributed by atoms with E-state index < -0.39 is 0 Å². The van der Waals surface area contributed by atoms with Gasteiger partial charge in [0.05, 0.1) is 10.7 Å². The van der Waals surface area contributed by atoms with Gasteiger partial charge in [-0.15, -0.1) is 45.3 Å². The van der Waals surface area contributed by atoms with Crippen molar-refractivity contribution in [2.75, 3.05) is 0 Å². The van der Waals surface area contributed by atoms with Crippen molar-refractivity contribution in [1.82, 2.24) is 0 Å². The fourth-order valence-electron chi connectivity index (χ4n) is 7.01. The monoisotopic (exact) mass is 642 g/mol. The van der Waals surface area contributed by atoms with Crippen LogP contribution >= 0.6 is 45.3 Å². The van der Waals surface area contributed by atoms with Crippen LogP contribution < -0.4 is 22.4 Å². The van der Waals surface area contributed by atoms with Gasteiger partial charge in [0.1, 0.15) is 0 Å². The summed E-state index contributed by atoms with van der Waals surface area (Å²) < 4.78 is 5.06. The third-order valence-electron chi connectivity index (χ3n) is 8.99. The molecule has 0 atom stereocenters. The summed E-state index contributed by atoms with van der Waals surface area (Å²) >= 11 is 7.33. The maximum absolute atomic E-state index is 6.18. The smallest absolute Gasteiger partial charge is 0.0995 e. The number of aryl methyl sites for hydroxylation is 4. The molecular formula is C36H26N4S4. The van der Waals surface area contributed by atoms with Crippen molar-refractivity contribution in [1.29, 1.82) is 0 Å². The SMILES string of the molecule is Cc1ccc2sc(-c3cc4/c(=N/N)c5c(C)c6c(c(C)c5c4s3)/c(=N\N)c3cc(-c4cc5cc(C)ccc5s4)sc36)cc2c1. The molecule has 8 heteroatoms. The predicted molar refractivity (Wildman–Crippen MR) is 195 cm³/mol. The highest BCUT2D eigenvalue weighted by Crippen LogP contribution is 2.47. The van der Waals surface area contributed by atoms with E-state index in [1.54, 1.807) is 0 Å². The van der Waals surface area contributed by atoms with Gasteiger partial charge in [-0.2, -0.15) is 10.2 Å². The Morgan fingerprint density at radius 1 is 0.477 bits per heavy atom. The van der Waals surface area contributed by atoms with Crippen LogP contribution in [0.15, 0.2) is 70.9 Å². The quantitative estimate of drug-likeness (QED) is 0.145. The minimum absolute atomic E-state index is 0.870. The standard InChI is InChI=1S/C36H26N4S4/c1-15-5-7-23-19(9-15)11-25(41-23)27-13-21-33(39-37)29-18(4)32-30(17(3)31(29)35(21)43-27)34(40-38)22-14-28(44-36(22)32)26-12-20-10-16(2)6-8-24(20)42-26/h5-14H,37-38H2,1-4H3/b39-33-,40-34-. The van der Waals surface area contributed by atoms with Gasteiger partial charge in [-0.3, -0.25) is 0 Å². The zero-order valence-corrected chi connectivity index (χ0v) is 27.7. The number of nitrogens with zero attached hydrogens (tertiary/aromatic N) is 2. The first-order valence-corrected chi connectivity index (χ1v) is 17.6. The van der Waals surface area contributed by atoms with E-state index in [-0.39, 0.29) is 0 Å². The summed E-state index contributed by atoms with van der Waals surface area (Å²) in [7, 11) is 0. The largest absolute Gasteiger partial charge is 0.323 e. The van der Waals surface area contributed by atoms with Crippen molar-refractivity contribution >= 4 is 107 Å². The van der Waals surface area contributed by atoms with Crippen molar-refractivity contribution < 1.29 is 0 Å². The molecule has 0 aliphatic heterocycles. The van der Waals surface area contributed by atoms with Gasteiger partial charge in [0, 0.05) is 70.6 Å². The van der Waals surface area contributed by atoms with Gasteiger partial charge in [-0.05, 0) is 86.0 Å². The second-order valence-corrected chi connectivity index (χ2v) is 16.0. The number of rotatable bonds is 2. The number of hydrogen-bond donors (Lipinski definition) is 2. The molecule has 0 amide bonds. The van der Waals surface area contributed by atoms with Crippen molar-refractivity contribution in [3.05, 3.63) is 93.6 Å². The van der Waals surface area contributed by atoms with E-state index >= 15 is 0 Å². The summed E-state index contributed by atoms with van der Waals surface area (Å²) in [5, 5.41) is 20.1. The normalized spacial score (nSPS) is 13.5. The minimum atomic E-state index is 0.870. The van der Waals surface area contributed by atoms with E-state index in [2.05, 4.69) is 98.6 Å². The molecule has 0 bridgehead atoms. The molecule has 0 saturated carbocycles. The van der Waals surface area contributed by atoms with Gasteiger partial charge in [0.2, 0.25) is 0 Å². The van der Waals surface area contributed by atoms with Crippen LogP contribution in [-0.2, 0) is 0 Å². The molecule has 5 aromatic carbocycles. The van der Waals surface area contributed by atoms with Crippen LogP contribution in [0.5, 0.6) is 0 Å². The molecule has 4 N–H and O–H groups in total. The average molecular weight is 643 g/mol. The summed E-state index contributed by atoms with van der Waals surface area (Å²) in [6, 6.07) is 22.5. The van der Waals surface area contributed by atoms with Crippen LogP contribution in [0.1, 0.15) is 22.3 Å². The van der Waals surface area contributed by atoms with Gasteiger partial charge in [-0.25, -0.2) is 0 Å². The Kier molecular flexibility index (Phi) is 5.52. The molecule has 0 spiro atoms. The van der Waals surface area contributed by atoms with E-state index in [1.807, 2.05) is 45.3 Å². The molecule has 4 aromatic heterocycles. The number of benzene rings is 3. The van der Waals surface area contributed by atoms with Crippen LogP contribution in [0.3, 0.4) is 0 Å². The van der Waals surface area contributed by atoms with Crippen LogP contribution in [0.2, 0.25) is 0 Å². The average Bonchev–Trinajstić information content (AvgIpc) is 3.82. The topological polar surface area (TPSA) is 76.8 Å². The molecule has 4 nitrogen and oxygen atoms in total. The molecule has 4 heterocycles. The highest BCUT2D eigenvalue weighted by molar-refractivity contribution is 7.29. The minimum Gasteiger partial charge on any atom is -0.323 e. The molecule has 0 unspecified atom stereocenters. The first-order chi connectivity index (χ1) is 21.3. The second-order valence-electron chi connectivity index (χ2n) is 11.7. The summed E-state index contributed by atoms with van der Waals surface area (Å²) in [4.78, 5) is 5.03. The van der Waals surface area contributed by atoms with Gasteiger partial charge >= 0.3 is 0 Å². The maximum atomic E-state index is 6.18. The Morgan fingerprint density at radius 2 is 0.886 bits per heavy atom. The van der Waals surface area contributed by atoms with Gasteiger partial charge < -0.3 is 11.7 Å². The molecule has 9 aromatic rings. The van der Waals surface area contributed by atoms with Gasteiger partial charge in [0.15, 0.2) is 0 Å². The van der Waals surface area contributed by atoms with E-state index in [1.165, 1.54) is 82.1 Å². The Hall–Kier alpha value is -4.08. The third-order valence-corrected chi connectivity index (χ3v) is 13.9. The highest BCUT2D eigenvalue weighted by atomic mass is 32.1. The van der Waals surface area contributed by atoms with Crippen molar-refractivity contribution in [3.8, 4) is 19.5 Å². The van der Waals surface area contributed by atoms with Crippen LogP contribution in [0.4, 0.5) is 0 Å². The molecule has 0 radical (unpaired) electrons. The van der Waals surface area contributed by atoms with Crippen molar-refractivity contribution in [3.63, 3.8) is 0 Å². The number of nitrogens with two attached hydrogens (primary N) is 2. The lowest BCUT2D eigenvalue weighted by atomic mass is 9.98. The number of fused-ring (bicyclic) bond motifs is 8. The molecule has 0 fully saturated rings. The molecule has 214 valence electrons. The lowest BCUT2D eigenvalue weighted by molar-refractivity contribution is 1.17. The first-order valence-electron chi connectivity index (χ1n) is 14.4. The van der Waals surface area contributed by atoms with Crippen LogP contribution in [-0.4, -0.2) is 0 Å². The second kappa shape index (κ2) is 9.22. The molecular weight excluding hydrogens is 617 g/mol. The lowest BCUT2D eigenvalue weighted by Crippen LogP contribution is -2.07. The third kappa shape index (κ3) is 3.48. The molecule has 9 rings (SSSR count). The zero-order valence-electron chi connectivity index (χ0n) is 24.5. The van der Waals surface area contributed by atoms with E-state index in [4.69, 9.17) is 11.7 Å². The summed E-state index contributed by atoms with van der Waals surface area (Å²) in [5.41, 5.74) is 4.93. The summed E-state index contributed by atoms with van der Waals surface area (Å²) in [6.07, 6.45) is 0. The van der Waals surface area contributed by atoms with Crippen molar-refractivity contribution in [2.24, 2.45) is 21.9 Å². The van der Waals surface area contributed by atoms with E-state index in [0.29, 0.717) is 0 Å². The fourth-order valence-corrected chi connectivity index (χ4v) is 11.8. The highest BCUT2D eigenvalue weighted by Gasteiger charge is 2.25. The fraction of sp³-hybridized carbons (Fsp3) is 0.111. The van der Waals surface area contributed by atoms with Gasteiger partial charge in [-0.1, -0.05) is 35.4 Å². The molecule has 0 aliphatic rings. The van der Waals surface area contributed by atoms with Crippen molar-refractivity contribution in [2.45, 2.75) is 27.7 Å². The maximum Gasteiger partial charge on any atom is 0.0995 e. The van der Waals surface area contributed by atoms with Gasteiger partial charge in [0.25, 0.3) is 0 Å². The van der Waals surface area contributed by atoms with Crippen LogP contribution in [0, 0.1) is 27.7 Å². The van der Waals surface area contributed by atoms with E-state index in [0.717, 1.165) is 32.3 Å². The summed E-state index contributed by atoms with van der Waals surface area (Å²) in [5.74, 6) is 12.4. The Labute approximate surface area is 268 Å². The Bertz CT molecular complexity index is 2600. The molecule has 0 saturated heterocycles. The molecule has 44 heavy (non-hydrogen) atoms. The summed E-state index contributed by atoms with van der Waals surface area (Å²) in [6.45, 7) is 8.70. The predicted octanol–water partition coefficient (Wildman–Crippen LogP) is 9.84. The first kappa shape index (κ1) is 26.3. The molecule has 0 aliphatic carbocycles. The zero-order chi connectivity index (χ0) is 30.0. The lowest BCUT2D eigenvalue weighted by Gasteiger charge is -2.07. The van der Waals surface area contributed by atoms with E-state index in [9.17, 15) is 0 Å². The number of hydrogen-bond acceptors (Lipinski definition) is 8. The van der Waals surface area contributed by atoms with Crippen LogP contribution in [0.25, 0.3) is 81.4 Å². The Balaban J connectivity index is 1.32. The number of thiophene rings is 4. The Morgan fingerprint density at radius 3 is 1.30 bits per heavy atom.